The third kappa shape index (κ3) is 5.14. The van der Waals surface area contributed by atoms with Crippen molar-refractivity contribution in [1.29, 1.82) is 0 Å². The zero-order valence-electron chi connectivity index (χ0n) is 21.0. The first kappa shape index (κ1) is 25.2. The number of benzene rings is 1. The van der Waals surface area contributed by atoms with E-state index in [2.05, 4.69) is 35.4 Å². The van der Waals surface area contributed by atoms with Gasteiger partial charge in [0.1, 0.15) is 11.6 Å². The van der Waals surface area contributed by atoms with Crippen molar-refractivity contribution < 1.29 is 18.7 Å². The zero-order valence-corrected chi connectivity index (χ0v) is 21.0. The number of nitrogens with one attached hydrogen (secondary N) is 1. The molecule has 0 radical (unpaired) electrons. The molecule has 3 unspecified atom stereocenters. The van der Waals surface area contributed by atoms with E-state index in [0.717, 1.165) is 51.3 Å². The molecule has 3 saturated heterocycles. The number of fused-ring (bicyclic) bond motifs is 2. The molecule has 1 aliphatic carbocycles. The summed E-state index contributed by atoms with van der Waals surface area (Å²) < 4.78 is 26.7. The van der Waals surface area contributed by atoms with Crippen LogP contribution >= 0.6 is 0 Å². The largest absolute Gasteiger partial charge is 0.392 e. The lowest BCUT2D eigenvalue weighted by molar-refractivity contribution is -0.128. The Morgan fingerprint density at radius 3 is 2.56 bits per heavy atom. The highest BCUT2D eigenvalue weighted by Crippen LogP contribution is 2.51. The Bertz CT molecular complexity index is 1030. The van der Waals surface area contributed by atoms with Crippen molar-refractivity contribution in [1.82, 2.24) is 15.1 Å². The molecule has 1 amide bonds. The van der Waals surface area contributed by atoms with Crippen LogP contribution in [0.3, 0.4) is 0 Å². The smallest absolute Gasteiger partial charge is 0.246 e. The molecule has 3 fully saturated rings. The Hall–Kier alpha value is -2.51. The Labute approximate surface area is 212 Å². The fourth-order valence-electron chi connectivity index (χ4n) is 6.81. The second kappa shape index (κ2) is 10.5. The minimum Gasteiger partial charge on any atom is -0.392 e. The maximum Gasteiger partial charge on any atom is 0.246 e. The van der Waals surface area contributed by atoms with Crippen molar-refractivity contribution >= 4 is 12.0 Å². The van der Waals surface area contributed by atoms with Gasteiger partial charge in [-0.25, -0.2) is 8.78 Å². The van der Waals surface area contributed by atoms with E-state index >= 15 is 0 Å². The molecular weight excluding hydrogens is 460 g/mol. The van der Waals surface area contributed by atoms with E-state index in [1.165, 1.54) is 30.0 Å². The summed E-state index contributed by atoms with van der Waals surface area (Å²) in [6.45, 7) is 6.20. The molecule has 1 spiro atoms. The Morgan fingerprint density at radius 2 is 1.86 bits per heavy atom. The first-order chi connectivity index (χ1) is 17.3. The number of amides is 1. The predicted octanol–water partition coefficient (Wildman–Crippen LogP) is 4.11. The molecule has 3 aliphatic heterocycles. The third-order valence-corrected chi connectivity index (χ3v) is 9.03. The molecule has 2 N–H and O–H groups in total. The number of hydrogen-bond donors (Lipinski definition) is 2. The topological polar surface area (TPSA) is 55.8 Å². The molecule has 1 aromatic rings. The van der Waals surface area contributed by atoms with Gasteiger partial charge in [-0.05, 0) is 87.9 Å². The number of aliphatic hydroxyl groups excluding tert-OH is 1. The van der Waals surface area contributed by atoms with Crippen LogP contribution in [0.15, 0.2) is 48.2 Å². The third-order valence-electron chi connectivity index (χ3n) is 9.03. The lowest BCUT2D eigenvalue weighted by Crippen LogP contribution is -2.50. The average molecular weight is 498 g/mol. The van der Waals surface area contributed by atoms with Gasteiger partial charge in [-0.15, -0.1) is 0 Å². The van der Waals surface area contributed by atoms with E-state index in [9.17, 15) is 18.7 Å². The van der Waals surface area contributed by atoms with Gasteiger partial charge < -0.3 is 20.2 Å². The van der Waals surface area contributed by atoms with Gasteiger partial charge >= 0.3 is 0 Å². The van der Waals surface area contributed by atoms with Crippen molar-refractivity contribution in [2.45, 2.75) is 51.2 Å². The van der Waals surface area contributed by atoms with Crippen LogP contribution in [0.5, 0.6) is 0 Å². The van der Waals surface area contributed by atoms with Crippen molar-refractivity contribution in [3.8, 4) is 0 Å². The standard InChI is InChI=1S/C29H37F2N3O2/c1-20-29(25-4-2-3-5-26(25)32-20)10-14-33(15-11-29)19-27(35)22-8-12-34(13-9-22)28(36)7-6-21-16-23(30)18-24(31)17-21/h2-3,5-7,16-18,20,22,25,27,32,35H,4,8-15,19H2,1H3/b7-6+. The monoisotopic (exact) mass is 497 g/mol. The van der Waals surface area contributed by atoms with E-state index in [0.29, 0.717) is 42.6 Å². The van der Waals surface area contributed by atoms with E-state index in [-0.39, 0.29) is 11.8 Å². The molecule has 194 valence electrons. The summed E-state index contributed by atoms with van der Waals surface area (Å²) in [6, 6.07) is 3.69. The molecule has 0 aromatic heterocycles. The number of halogens is 2. The number of carbonyl (C=O) groups excluding carboxylic acids is 1. The summed E-state index contributed by atoms with van der Waals surface area (Å²) in [5, 5.41) is 14.7. The highest BCUT2D eigenvalue weighted by Gasteiger charge is 2.51. The van der Waals surface area contributed by atoms with Gasteiger partial charge in [0.2, 0.25) is 5.91 Å². The minimum atomic E-state index is -0.664. The molecule has 4 aliphatic rings. The number of hydrogen-bond acceptors (Lipinski definition) is 4. The summed E-state index contributed by atoms with van der Waals surface area (Å²) in [6.07, 6.45) is 14.1. The predicted molar refractivity (Wildman–Crippen MR) is 137 cm³/mol. The second-order valence-corrected chi connectivity index (χ2v) is 11.0. The molecule has 36 heavy (non-hydrogen) atoms. The first-order valence-electron chi connectivity index (χ1n) is 13.3. The minimum absolute atomic E-state index is 0.167. The molecule has 0 bridgehead atoms. The van der Waals surface area contributed by atoms with Gasteiger partial charge in [0.25, 0.3) is 0 Å². The average Bonchev–Trinajstić information content (AvgIpc) is 3.14. The first-order valence-corrected chi connectivity index (χ1v) is 13.3. The van der Waals surface area contributed by atoms with Crippen LogP contribution in [0.1, 0.15) is 44.6 Å². The molecule has 3 atom stereocenters. The molecular formula is C29H37F2N3O2. The van der Waals surface area contributed by atoms with Crippen molar-refractivity contribution in [2.75, 3.05) is 32.7 Å². The number of allylic oxidation sites excluding steroid dienone is 4. The van der Waals surface area contributed by atoms with Gasteiger partial charge in [0.15, 0.2) is 0 Å². The van der Waals surface area contributed by atoms with Crippen LogP contribution in [-0.2, 0) is 4.79 Å². The maximum absolute atomic E-state index is 13.4. The Morgan fingerprint density at radius 1 is 1.17 bits per heavy atom. The number of aliphatic hydroxyl groups is 1. The number of rotatable bonds is 5. The van der Waals surface area contributed by atoms with Gasteiger partial charge in [-0.3, -0.25) is 4.79 Å². The normalized spacial score (nSPS) is 27.2. The van der Waals surface area contributed by atoms with Crippen molar-refractivity contribution in [2.24, 2.45) is 17.3 Å². The van der Waals surface area contributed by atoms with Crippen LogP contribution < -0.4 is 5.32 Å². The van der Waals surface area contributed by atoms with Crippen molar-refractivity contribution in [3.63, 3.8) is 0 Å². The van der Waals surface area contributed by atoms with Gasteiger partial charge in [-0.2, -0.15) is 0 Å². The Balaban J connectivity index is 1.08. The second-order valence-electron chi connectivity index (χ2n) is 11.0. The number of likely N-dealkylation sites (tertiary alicyclic amines) is 2. The summed E-state index contributed by atoms with van der Waals surface area (Å²) >= 11 is 0. The lowest BCUT2D eigenvalue weighted by Gasteiger charge is -2.46. The Kier molecular flexibility index (Phi) is 7.31. The molecule has 1 aromatic carbocycles. The van der Waals surface area contributed by atoms with E-state index in [1.54, 1.807) is 4.90 Å². The van der Waals surface area contributed by atoms with E-state index < -0.39 is 17.7 Å². The number of piperidine rings is 2. The number of β-amino-alcohol motifs (C(OH)–C–C–N with tert-alkyl or cyclic N) is 1. The van der Waals surface area contributed by atoms with Gasteiger partial charge in [0.05, 0.1) is 6.10 Å². The van der Waals surface area contributed by atoms with Crippen LogP contribution in [0.25, 0.3) is 6.08 Å². The lowest BCUT2D eigenvalue weighted by atomic mass is 9.65. The van der Waals surface area contributed by atoms with Gasteiger partial charge in [0, 0.05) is 54.8 Å². The van der Waals surface area contributed by atoms with Crippen LogP contribution in [0.4, 0.5) is 8.78 Å². The summed E-state index contributed by atoms with van der Waals surface area (Å²) in [4.78, 5) is 16.7. The van der Waals surface area contributed by atoms with Crippen LogP contribution in [0, 0.1) is 28.9 Å². The highest BCUT2D eigenvalue weighted by molar-refractivity contribution is 5.91. The SMILES string of the molecule is CC1NC2=CC=CCC2C12CCN(CC(O)C1CCN(C(=O)/C=C/c3cc(F)cc(F)c3)CC1)CC2. The molecule has 5 rings (SSSR count). The number of carbonyl (C=O) groups is 1. The maximum atomic E-state index is 13.4. The van der Waals surface area contributed by atoms with Crippen molar-refractivity contribution in [3.05, 3.63) is 65.4 Å². The van der Waals surface area contributed by atoms with E-state index in [1.807, 2.05) is 0 Å². The summed E-state index contributed by atoms with van der Waals surface area (Å²) in [5.41, 5.74) is 2.04. The summed E-state index contributed by atoms with van der Waals surface area (Å²) in [7, 11) is 0. The number of nitrogens with zero attached hydrogens (tertiary/aromatic N) is 2. The van der Waals surface area contributed by atoms with E-state index in [4.69, 9.17) is 0 Å². The van der Waals surface area contributed by atoms with Crippen LogP contribution in [0.2, 0.25) is 0 Å². The molecule has 7 heteroatoms. The fraction of sp³-hybridized carbons (Fsp3) is 0.552. The molecule has 5 nitrogen and oxygen atoms in total. The molecule has 0 saturated carbocycles. The molecule has 3 heterocycles. The summed E-state index contributed by atoms with van der Waals surface area (Å²) in [5.74, 6) is -0.721. The zero-order chi connectivity index (χ0) is 25.3. The quantitative estimate of drug-likeness (QED) is 0.602. The van der Waals surface area contributed by atoms with Crippen LogP contribution in [-0.4, -0.2) is 65.7 Å². The van der Waals surface area contributed by atoms with Gasteiger partial charge in [-0.1, -0.05) is 12.2 Å². The highest BCUT2D eigenvalue weighted by atomic mass is 19.1. The fourth-order valence-corrected chi connectivity index (χ4v) is 6.81.